The molecule has 0 radical (unpaired) electrons. The van der Waals surface area contributed by atoms with Crippen LogP contribution in [-0.4, -0.2) is 29.1 Å². The molecule has 2 heterocycles. The van der Waals surface area contributed by atoms with Crippen LogP contribution < -0.4 is 0 Å². The molecule has 1 saturated heterocycles. The molecule has 0 unspecified atom stereocenters. The fourth-order valence-electron chi connectivity index (χ4n) is 2.04. The van der Waals surface area contributed by atoms with Crippen molar-refractivity contribution in [1.82, 2.24) is 10.1 Å². The highest BCUT2D eigenvalue weighted by Crippen LogP contribution is 2.14. The van der Waals surface area contributed by atoms with Crippen LogP contribution >= 0.6 is 0 Å². The van der Waals surface area contributed by atoms with E-state index >= 15 is 0 Å². The Kier molecular flexibility index (Phi) is 3.59. The molecule has 1 aliphatic rings. The van der Waals surface area contributed by atoms with Crippen molar-refractivity contribution < 1.29 is 9.32 Å². The average molecular weight is 222 g/mol. The van der Waals surface area contributed by atoms with Gasteiger partial charge >= 0.3 is 0 Å². The standard InChI is InChI=1S/C12H18N2O2/c1-2-6-10-9-11(13-16-10)12(15)14-7-4-3-5-8-14/h9H,2-8H2,1H3. The number of nitrogens with zero attached hydrogens (tertiary/aromatic N) is 2. The minimum Gasteiger partial charge on any atom is -0.361 e. The molecular weight excluding hydrogens is 204 g/mol. The summed E-state index contributed by atoms with van der Waals surface area (Å²) >= 11 is 0. The van der Waals surface area contributed by atoms with E-state index in [0.29, 0.717) is 5.69 Å². The van der Waals surface area contributed by atoms with Gasteiger partial charge in [-0.1, -0.05) is 12.1 Å². The van der Waals surface area contributed by atoms with Gasteiger partial charge in [0.15, 0.2) is 5.69 Å². The largest absolute Gasteiger partial charge is 0.361 e. The minimum atomic E-state index is 0.0193. The zero-order chi connectivity index (χ0) is 11.4. The van der Waals surface area contributed by atoms with Gasteiger partial charge in [0.2, 0.25) is 0 Å². The first-order valence-electron chi connectivity index (χ1n) is 6.06. The highest BCUT2D eigenvalue weighted by Gasteiger charge is 2.21. The first-order chi connectivity index (χ1) is 7.81. The lowest BCUT2D eigenvalue weighted by atomic mass is 10.1. The van der Waals surface area contributed by atoms with Crippen LogP contribution in [-0.2, 0) is 6.42 Å². The van der Waals surface area contributed by atoms with Crippen molar-refractivity contribution in [3.8, 4) is 0 Å². The first kappa shape index (κ1) is 11.2. The molecule has 0 saturated carbocycles. The molecule has 0 N–H and O–H groups in total. The highest BCUT2D eigenvalue weighted by molar-refractivity contribution is 5.92. The van der Waals surface area contributed by atoms with Crippen molar-refractivity contribution in [3.63, 3.8) is 0 Å². The van der Waals surface area contributed by atoms with Crippen LogP contribution in [0.1, 0.15) is 48.9 Å². The molecule has 4 nitrogen and oxygen atoms in total. The Hall–Kier alpha value is -1.32. The predicted molar refractivity (Wildman–Crippen MR) is 60.3 cm³/mol. The number of aryl methyl sites for hydroxylation is 1. The smallest absolute Gasteiger partial charge is 0.276 e. The third-order valence-electron chi connectivity index (χ3n) is 2.92. The summed E-state index contributed by atoms with van der Waals surface area (Å²) in [6, 6.07) is 1.78. The topological polar surface area (TPSA) is 46.3 Å². The summed E-state index contributed by atoms with van der Waals surface area (Å²) in [5, 5.41) is 3.84. The Morgan fingerprint density at radius 3 is 2.88 bits per heavy atom. The number of carbonyl (C=O) groups excluding carboxylic acids is 1. The Morgan fingerprint density at radius 2 is 2.19 bits per heavy atom. The summed E-state index contributed by atoms with van der Waals surface area (Å²) in [5.74, 6) is 0.827. The molecule has 88 valence electrons. The Labute approximate surface area is 95.6 Å². The number of likely N-dealkylation sites (tertiary alicyclic amines) is 1. The van der Waals surface area contributed by atoms with Gasteiger partial charge in [-0.25, -0.2) is 0 Å². The molecular formula is C12H18N2O2. The normalized spacial score (nSPS) is 16.4. The summed E-state index contributed by atoms with van der Waals surface area (Å²) in [7, 11) is 0. The van der Waals surface area contributed by atoms with Crippen LogP contribution in [0.15, 0.2) is 10.6 Å². The van der Waals surface area contributed by atoms with Gasteiger partial charge in [-0.05, 0) is 25.7 Å². The van der Waals surface area contributed by atoms with Crippen molar-refractivity contribution in [3.05, 3.63) is 17.5 Å². The second kappa shape index (κ2) is 5.14. The molecule has 0 aliphatic carbocycles. The fraction of sp³-hybridized carbons (Fsp3) is 0.667. The van der Waals surface area contributed by atoms with Gasteiger partial charge < -0.3 is 9.42 Å². The lowest BCUT2D eigenvalue weighted by Crippen LogP contribution is -2.35. The maximum absolute atomic E-state index is 12.0. The molecule has 1 amide bonds. The number of carbonyl (C=O) groups is 1. The zero-order valence-electron chi connectivity index (χ0n) is 9.74. The van der Waals surface area contributed by atoms with Gasteiger partial charge in [-0.2, -0.15) is 0 Å². The summed E-state index contributed by atoms with van der Waals surface area (Å²) in [6.45, 7) is 3.79. The lowest BCUT2D eigenvalue weighted by Gasteiger charge is -2.25. The number of hydrogen-bond acceptors (Lipinski definition) is 3. The van der Waals surface area contributed by atoms with Crippen LogP contribution in [0, 0.1) is 0 Å². The molecule has 1 fully saturated rings. The van der Waals surface area contributed by atoms with E-state index in [4.69, 9.17) is 4.52 Å². The van der Waals surface area contributed by atoms with Crippen molar-refractivity contribution in [2.45, 2.75) is 39.0 Å². The van der Waals surface area contributed by atoms with Gasteiger partial charge in [0.25, 0.3) is 5.91 Å². The predicted octanol–water partition coefficient (Wildman–Crippen LogP) is 2.25. The number of piperidine rings is 1. The summed E-state index contributed by atoms with van der Waals surface area (Å²) in [6.07, 6.45) is 5.29. The van der Waals surface area contributed by atoms with E-state index in [9.17, 15) is 4.79 Å². The van der Waals surface area contributed by atoms with Crippen LogP contribution in [0.5, 0.6) is 0 Å². The monoisotopic (exact) mass is 222 g/mol. The third kappa shape index (κ3) is 2.43. The molecule has 0 aromatic carbocycles. The van der Waals surface area contributed by atoms with E-state index in [0.717, 1.165) is 44.5 Å². The molecule has 1 aromatic rings. The first-order valence-corrected chi connectivity index (χ1v) is 6.06. The van der Waals surface area contributed by atoms with E-state index < -0.39 is 0 Å². The number of rotatable bonds is 3. The molecule has 0 spiro atoms. The SMILES string of the molecule is CCCc1cc(C(=O)N2CCCCC2)no1. The zero-order valence-corrected chi connectivity index (χ0v) is 9.74. The van der Waals surface area contributed by atoms with Crippen molar-refractivity contribution in [2.75, 3.05) is 13.1 Å². The molecule has 1 aliphatic heterocycles. The van der Waals surface area contributed by atoms with Crippen LogP contribution in [0.2, 0.25) is 0 Å². The highest BCUT2D eigenvalue weighted by atomic mass is 16.5. The van der Waals surface area contributed by atoms with Crippen molar-refractivity contribution in [1.29, 1.82) is 0 Å². The summed E-state index contributed by atoms with van der Waals surface area (Å²) in [4.78, 5) is 13.9. The van der Waals surface area contributed by atoms with E-state index in [1.165, 1.54) is 6.42 Å². The van der Waals surface area contributed by atoms with Gasteiger partial charge in [-0.15, -0.1) is 0 Å². The number of aromatic nitrogens is 1. The third-order valence-corrected chi connectivity index (χ3v) is 2.92. The summed E-state index contributed by atoms with van der Waals surface area (Å²) in [5.41, 5.74) is 0.463. The second-order valence-electron chi connectivity index (χ2n) is 4.28. The van der Waals surface area contributed by atoms with Crippen LogP contribution in [0.25, 0.3) is 0 Å². The fourth-order valence-corrected chi connectivity index (χ4v) is 2.04. The Balaban J connectivity index is 2.01. The molecule has 2 rings (SSSR count). The van der Waals surface area contributed by atoms with Gasteiger partial charge in [0.05, 0.1) is 0 Å². The van der Waals surface area contributed by atoms with Gasteiger partial charge in [0, 0.05) is 25.6 Å². The van der Waals surface area contributed by atoms with Gasteiger partial charge in [0.1, 0.15) is 5.76 Å². The quantitative estimate of drug-likeness (QED) is 0.788. The van der Waals surface area contributed by atoms with Crippen molar-refractivity contribution in [2.24, 2.45) is 0 Å². The molecule has 0 atom stereocenters. The molecule has 4 heteroatoms. The van der Waals surface area contributed by atoms with E-state index in [2.05, 4.69) is 12.1 Å². The summed E-state index contributed by atoms with van der Waals surface area (Å²) < 4.78 is 5.12. The minimum absolute atomic E-state index is 0.0193. The molecule has 16 heavy (non-hydrogen) atoms. The second-order valence-corrected chi connectivity index (χ2v) is 4.28. The number of amides is 1. The van der Waals surface area contributed by atoms with E-state index in [1.54, 1.807) is 6.07 Å². The Morgan fingerprint density at radius 1 is 1.44 bits per heavy atom. The van der Waals surface area contributed by atoms with Gasteiger partial charge in [-0.3, -0.25) is 4.79 Å². The maximum Gasteiger partial charge on any atom is 0.276 e. The van der Waals surface area contributed by atoms with E-state index in [1.807, 2.05) is 4.90 Å². The maximum atomic E-state index is 12.0. The van der Waals surface area contributed by atoms with Crippen LogP contribution in [0.4, 0.5) is 0 Å². The van der Waals surface area contributed by atoms with Crippen molar-refractivity contribution >= 4 is 5.91 Å². The lowest BCUT2D eigenvalue weighted by molar-refractivity contribution is 0.0714. The Bertz CT molecular complexity index is 354. The number of hydrogen-bond donors (Lipinski definition) is 0. The molecule has 1 aromatic heterocycles. The van der Waals surface area contributed by atoms with Crippen LogP contribution in [0.3, 0.4) is 0 Å². The average Bonchev–Trinajstić information content (AvgIpc) is 2.78. The molecule has 0 bridgehead atoms. The van der Waals surface area contributed by atoms with E-state index in [-0.39, 0.29) is 5.91 Å².